The summed E-state index contributed by atoms with van der Waals surface area (Å²) in [4.78, 5) is 24.7. The fourth-order valence-electron chi connectivity index (χ4n) is 2.61. The van der Waals surface area contributed by atoms with E-state index >= 15 is 0 Å². The summed E-state index contributed by atoms with van der Waals surface area (Å²) >= 11 is 12.4. The minimum atomic E-state index is -0.00651. The molecule has 1 amide bonds. The Balaban J connectivity index is 1.26. The Kier molecular flexibility index (Phi) is 6.22. The molecule has 4 rings (SSSR count). The van der Waals surface area contributed by atoms with Crippen LogP contribution in [0.5, 0.6) is 0 Å². The second-order valence-corrected chi connectivity index (χ2v) is 10.8. The maximum Gasteiger partial charge on any atom is 0.226 e. The first-order valence-corrected chi connectivity index (χ1v) is 12.3. The number of thiophene rings is 2. The molecule has 9 heteroatoms. The van der Waals surface area contributed by atoms with Crippen LogP contribution < -0.4 is 5.32 Å². The van der Waals surface area contributed by atoms with E-state index in [9.17, 15) is 4.79 Å². The highest BCUT2D eigenvalue weighted by Crippen LogP contribution is 2.33. The molecule has 0 atom stereocenters. The van der Waals surface area contributed by atoms with Gasteiger partial charge in [-0.05, 0) is 37.6 Å². The molecule has 144 valence electrons. The summed E-state index contributed by atoms with van der Waals surface area (Å²) in [5.41, 5.74) is 1.83. The summed E-state index contributed by atoms with van der Waals surface area (Å²) in [5.74, 6) is -0.00651. The largest absolute Gasteiger partial charge is 0.355 e. The summed E-state index contributed by atoms with van der Waals surface area (Å²) in [7, 11) is 0. The molecule has 0 unspecified atom stereocenters. The van der Waals surface area contributed by atoms with Crippen molar-refractivity contribution in [3.05, 3.63) is 54.9 Å². The van der Waals surface area contributed by atoms with Crippen LogP contribution in [0.4, 0.5) is 0 Å². The van der Waals surface area contributed by atoms with Crippen LogP contribution in [0.2, 0.25) is 4.34 Å². The van der Waals surface area contributed by atoms with E-state index in [4.69, 9.17) is 11.6 Å². The zero-order valence-electron chi connectivity index (χ0n) is 14.9. The third-order valence-corrected chi connectivity index (χ3v) is 8.14. The first kappa shape index (κ1) is 19.7. The van der Waals surface area contributed by atoms with Gasteiger partial charge in [0.25, 0.3) is 0 Å². The quantitative estimate of drug-likeness (QED) is 0.368. The van der Waals surface area contributed by atoms with Gasteiger partial charge < -0.3 is 5.32 Å². The molecule has 0 aliphatic carbocycles. The van der Waals surface area contributed by atoms with E-state index in [1.807, 2.05) is 24.4 Å². The molecule has 0 bridgehead atoms. The lowest BCUT2D eigenvalue weighted by Crippen LogP contribution is -2.27. The number of amides is 1. The summed E-state index contributed by atoms with van der Waals surface area (Å²) < 4.78 is 0.742. The topological polar surface area (TPSA) is 54.9 Å². The summed E-state index contributed by atoms with van der Waals surface area (Å²) in [6.45, 7) is 2.63. The Morgan fingerprint density at radius 2 is 1.93 bits per heavy atom. The Hall–Kier alpha value is -1.58. The zero-order chi connectivity index (χ0) is 19.5. The number of rotatable bonds is 7. The van der Waals surface area contributed by atoms with Crippen LogP contribution in [-0.2, 0) is 17.6 Å². The van der Waals surface area contributed by atoms with Gasteiger partial charge in [0, 0.05) is 22.2 Å². The number of aryl methyl sites for hydroxylation is 1. The van der Waals surface area contributed by atoms with E-state index in [-0.39, 0.29) is 5.91 Å². The van der Waals surface area contributed by atoms with Gasteiger partial charge in [-0.15, -0.1) is 45.3 Å². The molecule has 0 aromatic carbocycles. The molecule has 28 heavy (non-hydrogen) atoms. The summed E-state index contributed by atoms with van der Waals surface area (Å²) in [6.07, 6.45) is 1.11. The van der Waals surface area contributed by atoms with Crippen LogP contribution >= 0.6 is 56.9 Å². The van der Waals surface area contributed by atoms with E-state index < -0.39 is 0 Å². The van der Waals surface area contributed by atoms with Crippen molar-refractivity contribution >= 4 is 62.9 Å². The van der Waals surface area contributed by atoms with E-state index in [1.54, 1.807) is 22.7 Å². The molecule has 0 saturated carbocycles. The minimum absolute atomic E-state index is 0.00651. The van der Waals surface area contributed by atoms with Crippen LogP contribution in [0.3, 0.4) is 0 Å². The number of carbonyl (C=O) groups is 1. The zero-order valence-corrected chi connectivity index (χ0v) is 18.9. The van der Waals surface area contributed by atoms with Crippen molar-refractivity contribution in [3.63, 3.8) is 0 Å². The second kappa shape index (κ2) is 8.84. The van der Waals surface area contributed by atoms with Gasteiger partial charge in [-0.25, -0.2) is 9.97 Å². The predicted molar refractivity (Wildman–Crippen MR) is 121 cm³/mol. The maximum absolute atomic E-state index is 12.2. The molecule has 1 N–H and O–H groups in total. The molecular weight excluding hydrogens is 450 g/mol. The highest BCUT2D eigenvalue weighted by Gasteiger charge is 2.11. The lowest BCUT2D eigenvalue weighted by atomic mass is 10.3. The number of hydrogen-bond acceptors (Lipinski definition) is 7. The van der Waals surface area contributed by atoms with Crippen LogP contribution in [0.15, 0.2) is 35.0 Å². The predicted octanol–water partition coefficient (Wildman–Crippen LogP) is 5.92. The lowest BCUT2D eigenvalue weighted by Gasteiger charge is -2.02. The van der Waals surface area contributed by atoms with Gasteiger partial charge in [-0.3, -0.25) is 4.79 Å². The highest BCUT2D eigenvalue weighted by molar-refractivity contribution is 7.23. The number of hydrogen-bond donors (Lipinski definition) is 1. The molecule has 0 radical (unpaired) electrons. The summed E-state index contributed by atoms with van der Waals surface area (Å²) in [5, 5.41) is 8.98. The lowest BCUT2D eigenvalue weighted by molar-refractivity contribution is -0.120. The van der Waals surface area contributed by atoms with E-state index in [0.717, 1.165) is 37.0 Å². The van der Waals surface area contributed by atoms with Gasteiger partial charge >= 0.3 is 0 Å². The summed E-state index contributed by atoms with van der Waals surface area (Å²) in [6, 6.07) is 8.03. The second-order valence-electron chi connectivity index (χ2n) is 6.04. The van der Waals surface area contributed by atoms with E-state index in [1.165, 1.54) is 32.4 Å². The van der Waals surface area contributed by atoms with Crippen molar-refractivity contribution < 1.29 is 4.79 Å². The molecular formula is C19H16ClN3OS4. The first-order valence-electron chi connectivity index (χ1n) is 8.55. The monoisotopic (exact) mass is 465 g/mol. The van der Waals surface area contributed by atoms with Crippen LogP contribution in [0.25, 0.3) is 20.5 Å². The fourth-order valence-corrected chi connectivity index (χ4v) is 6.20. The van der Waals surface area contributed by atoms with Crippen LogP contribution in [0.1, 0.15) is 15.6 Å². The number of carbonyl (C=O) groups excluding carboxylic acids is 1. The van der Waals surface area contributed by atoms with Crippen LogP contribution in [0, 0.1) is 6.92 Å². The van der Waals surface area contributed by atoms with Crippen molar-refractivity contribution in [2.24, 2.45) is 0 Å². The number of nitrogens with one attached hydrogen (secondary N) is 1. The number of halogens is 1. The third kappa shape index (κ3) is 4.87. The van der Waals surface area contributed by atoms with Crippen molar-refractivity contribution in [1.29, 1.82) is 0 Å². The number of thiazole rings is 2. The van der Waals surface area contributed by atoms with Gasteiger partial charge in [-0.2, -0.15) is 0 Å². The average Bonchev–Trinajstić information content (AvgIpc) is 3.42. The van der Waals surface area contributed by atoms with Gasteiger partial charge in [0.05, 0.1) is 36.9 Å². The molecule has 4 aromatic rings. The molecule has 0 aliphatic heterocycles. The van der Waals surface area contributed by atoms with E-state index in [2.05, 4.69) is 32.8 Å². The van der Waals surface area contributed by atoms with Gasteiger partial charge in [0.2, 0.25) is 5.91 Å². The van der Waals surface area contributed by atoms with Crippen molar-refractivity contribution in [2.45, 2.75) is 19.8 Å². The Labute approximate surface area is 183 Å². The molecule has 0 saturated heterocycles. The van der Waals surface area contributed by atoms with Gasteiger partial charge in [-0.1, -0.05) is 11.6 Å². The highest BCUT2D eigenvalue weighted by atomic mass is 35.5. The maximum atomic E-state index is 12.2. The third-order valence-electron chi connectivity index (χ3n) is 3.90. The number of nitrogens with zero attached hydrogens (tertiary/aromatic N) is 2. The SMILES string of the molecule is Cc1nc(-c2ccc(CCNC(=O)Cc3csc(-c4ccc(Cl)s4)n3)s2)cs1. The Morgan fingerprint density at radius 1 is 1.07 bits per heavy atom. The normalized spacial score (nSPS) is 11.1. The molecule has 4 nitrogen and oxygen atoms in total. The van der Waals surface area contributed by atoms with Crippen molar-refractivity contribution in [1.82, 2.24) is 15.3 Å². The molecule has 0 spiro atoms. The Morgan fingerprint density at radius 3 is 2.68 bits per heavy atom. The smallest absolute Gasteiger partial charge is 0.226 e. The standard InChI is InChI=1S/C19H16ClN3OS4/c1-11-22-14(10-25-11)15-3-2-13(27-15)6-7-21-18(24)8-12-9-26-19(23-12)16-4-5-17(20)28-16/h2-5,9-10H,6-8H2,1H3,(H,21,24). The first-order chi connectivity index (χ1) is 13.6. The van der Waals surface area contributed by atoms with Gasteiger partial charge in [0.1, 0.15) is 5.01 Å². The van der Waals surface area contributed by atoms with Gasteiger partial charge in [0.15, 0.2) is 0 Å². The minimum Gasteiger partial charge on any atom is -0.355 e. The Bertz CT molecular complexity index is 1090. The van der Waals surface area contributed by atoms with Crippen molar-refractivity contribution in [2.75, 3.05) is 6.54 Å². The molecule has 0 aliphatic rings. The molecule has 4 aromatic heterocycles. The average molecular weight is 466 g/mol. The fraction of sp³-hybridized carbons (Fsp3) is 0.211. The van der Waals surface area contributed by atoms with Crippen LogP contribution in [-0.4, -0.2) is 22.4 Å². The number of aromatic nitrogens is 2. The van der Waals surface area contributed by atoms with E-state index in [0.29, 0.717) is 13.0 Å². The molecule has 0 fully saturated rings. The van der Waals surface area contributed by atoms with Crippen molar-refractivity contribution in [3.8, 4) is 20.5 Å². The molecule has 4 heterocycles.